The molecule has 0 saturated heterocycles. The van der Waals surface area contributed by atoms with Gasteiger partial charge >= 0.3 is 0 Å². The number of nitrogens with zero attached hydrogens (tertiary/aromatic N) is 1. The van der Waals surface area contributed by atoms with Gasteiger partial charge in [-0.1, -0.05) is 6.92 Å². The van der Waals surface area contributed by atoms with E-state index in [4.69, 9.17) is 4.74 Å². The van der Waals surface area contributed by atoms with Crippen LogP contribution in [0.25, 0.3) is 0 Å². The van der Waals surface area contributed by atoms with Gasteiger partial charge in [0.15, 0.2) is 0 Å². The molecule has 1 fully saturated rings. The highest BCUT2D eigenvalue weighted by molar-refractivity contribution is 4.88. The summed E-state index contributed by atoms with van der Waals surface area (Å²) in [5.74, 6) is 0.865. The van der Waals surface area contributed by atoms with Gasteiger partial charge in [-0.3, -0.25) is 4.90 Å². The fraction of sp³-hybridized carbons (Fsp3) is 1.00. The van der Waals surface area contributed by atoms with Crippen LogP contribution in [-0.2, 0) is 4.74 Å². The van der Waals surface area contributed by atoms with Crippen molar-refractivity contribution in [2.24, 2.45) is 5.92 Å². The molecule has 3 nitrogen and oxygen atoms in total. The van der Waals surface area contributed by atoms with E-state index < -0.39 is 0 Å². The Morgan fingerprint density at radius 3 is 2.75 bits per heavy atom. The van der Waals surface area contributed by atoms with Crippen LogP contribution < -0.4 is 5.32 Å². The van der Waals surface area contributed by atoms with Gasteiger partial charge in [-0.25, -0.2) is 0 Å². The predicted octanol–water partition coefficient (Wildman–Crippen LogP) is 1.73. The summed E-state index contributed by atoms with van der Waals surface area (Å²) in [6.45, 7) is 7.15. The summed E-state index contributed by atoms with van der Waals surface area (Å²) in [5.41, 5.74) is 0. The third-order valence-electron chi connectivity index (χ3n) is 3.81. The average Bonchev–Trinajstić information content (AvgIpc) is 2.29. The van der Waals surface area contributed by atoms with Gasteiger partial charge in [-0.15, -0.1) is 0 Å². The van der Waals surface area contributed by atoms with Crippen molar-refractivity contribution in [3.05, 3.63) is 0 Å². The van der Waals surface area contributed by atoms with Gasteiger partial charge in [-0.2, -0.15) is 0 Å². The maximum atomic E-state index is 5.43. The van der Waals surface area contributed by atoms with E-state index in [9.17, 15) is 0 Å². The Hall–Kier alpha value is -0.120. The van der Waals surface area contributed by atoms with Crippen LogP contribution in [-0.4, -0.2) is 50.8 Å². The highest BCUT2D eigenvalue weighted by Gasteiger charge is 2.29. The van der Waals surface area contributed by atoms with Crippen LogP contribution in [0.15, 0.2) is 0 Å². The van der Waals surface area contributed by atoms with Crippen molar-refractivity contribution >= 4 is 0 Å². The van der Waals surface area contributed by atoms with Crippen molar-refractivity contribution in [1.82, 2.24) is 10.2 Å². The van der Waals surface area contributed by atoms with Gasteiger partial charge in [0.2, 0.25) is 0 Å². The maximum absolute atomic E-state index is 5.43. The monoisotopic (exact) mass is 228 g/mol. The highest BCUT2D eigenvalue weighted by Crippen LogP contribution is 2.26. The summed E-state index contributed by atoms with van der Waals surface area (Å²) in [4.78, 5) is 2.46. The molecule has 1 N–H and O–H groups in total. The Morgan fingerprint density at radius 1 is 1.38 bits per heavy atom. The van der Waals surface area contributed by atoms with Gasteiger partial charge in [0.25, 0.3) is 0 Å². The van der Waals surface area contributed by atoms with Crippen LogP contribution >= 0.6 is 0 Å². The zero-order valence-corrected chi connectivity index (χ0v) is 11.3. The lowest BCUT2D eigenvalue weighted by Crippen LogP contribution is -2.51. The van der Waals surface area contributed by atoms with Crippen LogP contribution in [0.5, 0.6) is 0 Å². The number of hydrogen-bond acceptors (Lipinski definition) is 3. The smallest absolute Gasteiger partial charge is 0.0593 e. The number of rotatable bonds is 6. The Balaban J connectivity index is 2.39. The van der Waals surface area contributed by atoms with E-state index in [0.717, 1.165) is 25.7 Å². The molecule has 1 rings (SSSR count). The van der Waals surface area contributed by atoms with Crippen molar-refractivity contribution < 1.29 is 4.74 Å². The van der Waals surface area contributed by atoms with Crippen LogP contribution in [0, 0.1) is 5.92 Å². The SMILES string of the molecule is CCOCCN(C)C1CC(C)CCC1NC. The summed E-state index contributed by atoms with van der Waals surface area (Å²) in [7, 11) is 4.32. The maximum Gasteiger partial charge on any atom is 0.0593 e. The molecule has 3 unspecified atom stereocenters. The van der Waals surface area contributed by atoms with Gasteiger partial charge in [0.05, 0.1) is 6.61 Å². The third-order valence-corrected chi connectivity index (χ3v) is 3.81. The Bertz CT molecular complexity index is 187. The summed E-state index contributed by atoms with van der Waals surface area (Å²) in [6.07, 6.45) is 3.98. The van der Waals surface area contributed by atoms with Gasteiger partial charge < -0.3 is 10.1 Å². The molecule has 0 spiro atoms. The standard InChI is InChI=1S/C13H28N2O/c1-5-16-9-8-15(4)13-10-11(2)6-7-12(13)14-3/h11-14H,5-10H2,1-4H3. The van der Waals surface area contributed by atoms with Crippen LogP contribution in [0.3, 0.4) is 0 Å². The van der Waals surface area contributed by atoms with E-state index in [1.165, 1.54) is 19.3 Å². The molecule has 96 valence electrons. The van der Waals surface area contributed by atoms with E-state index in [1.54, 1.807) is 0 Å². The van der Waals surface area contributed by atoms with Gasteiger partial charge in [0.1, 0.15) is 0 Å². The average molecular weight is 228 g/mol. The molecule has 0 aromatic heterocycles. The minimum Gasteiger partial charge on any atom is -0.380 e. The number of ether oxygens (including phenoxy) is 1. The van der Waals surface area contributed by atoms with Crippen molar-refractivity contribution in [1.29, 1.82) is 0 Å². The van der Waals surface area contributed by atoms with E-state index >= 15 is 0 Å². The molecule has 3 heteroatoms. The molecule has 1 aliphatic rings. The number of nitrogens with one attached hydrogen (secondary N) is 1. The molecular formula is C13H28N2O. The van der Waals surface area contributed by atoms with Crippen molar-refractivity contribution in [3.8, 4) is 0 Å². The molecule has 0 heterocycles. The van der Waals surface area contributed by atoms with Gasteiger partial charge in [-0.05, 0) is 46.2 Å². The molecule has 0 amide bonds. The Labute approximate surface area is 101 Å². The lowest BCUT2D eigenvalue weighted by Gasteiger charge is -2.40. The first-order valence-corrected chi connectivity index (χ1v) is 6.64. The molecule has 0 radical (unpaired) electrons. The second kappa shape index (κ2) is 7.25. The lowest BCUT2D eigenvalue weighted by atomic mass is 9.82. The number of likely N-dealkylation sites (N-methyl/N-ethyl adjacent to an activating group) is 2. The quantitative estimate of drug-likeness (QED) is 0.701. The minimum absolute atomic E-state index is 0.655. The van der Waals surface area contributed by atoms with E-state index in [-0.39, 0.29) is 0 Å². The molecule has 0 aromatic rings. The zero-order chi connectivity index (χ0) is 12.0. The van der Waals surface area contributed by atoms with Crippen LogP contribution in [0.4, 0.5) is 0 Å². The van der Waals surface area contributed by atoms with Crippen molar-refractivity contribution in [3.63, 3.8) is 0 Å². The Morgan fingerprint density at radius 2 is 2.12 bits per heavy atom. The first kappa shape index (κ1) is 13.9. The van der Waals surface area contributed by atoms with Crippen molar-refractivity contribution in [2.75, 3.05) is 33.9 Å². The minimum atomic E-state index is 0.655. The summed E-state index contributed by atoms with van der Waals surface area (Å²) < 4.78 is 5.43. The van der Waals surface area contributed by atoms with E-state index in [0.29, 0.717) is 12.1 Å². The second-order valence-corrected chi connectivity index (χ2v) is 5.06. The second-order valence-electron chi connectivity index (χ2n) is 5.06. The molecule has 1 aliphatic carbocycles. The van der Waals surface area contributed by atoms with Gasteiger partial charge in [0, 0.05) is 25.2 Å². The fourth-order valence-electron chi connectivity index (χ4n) is 2.69. The fourth-order valence-corrected chi connectivity index (χ4v) is 2.69. The van der Waals surface area contributed by atoms with Crippen LogP contribution in [0.1, 0.15) is 33.1 Å². The first-order valence-electron chi connectivity index (χ1n) is 6.64. The molecule has 0 aliphatic heterocycles. The topological polar surface area (TPSA) is 24.5 Å². The lowest BCUT2D eigenvalue weighted by molar-refractivity contribution is 0.0770. The molecule has 1 saturated carbocycles. The molecule has 0 aromatic carbocycles. The molecule has 16 heavy (non-hydrogen) atoms. The zero-order valence-electron chi connectivity index (χ0n) is 11.3. The third kappa shape index (κ3) is 4.04. The first-order chi connectivity index (χ1) is 7.69. The van der Waals surface area contributed by atoms with E-state index in [2.05, 4.69) is 38.2 Å². The predicted molar refractivity (Wildman–Crippen MR) is 68.8 cm³/mol. The summed E-state index contributed by atoms with van der Waals surface area (Å²) in [5, 5.41) is 3.46. The summed E-state index contributed by atoms with van der Waals surface area (Å²) >= 11 is 0. The van der Waals surface area contributed by atoms with Crippen LogP contribution in [0.2, 0.25) is 0 Å². The highest BCUT2D eigenvalue weighted by atomic mass is 16.5. The van der Waals surface area contributed by atoms with E-state index in [1.807, 2.05) is 0 Å². The molecular weight excluding hydrogens is 200 g/mol. The molecule has 0 bridgehead atoms. The number of hydrogen-bond donors (Lipinski definition) is 1. The largest absolute Gasteiger partial charge is 0.380 e. The molecule has 3 atom stereocenters. The normalized spacial score (nSPS) is 30.9. The van der Waals surface area contributed by atoms with Crippen molar-refractivity contribution in [2.45, 2.75) is 45.2 Å². The Kier molecular flexibility index (Phi) is 6.32. The summed E-state index contributed by atoms with van der Waals surface area (Å²) in [6, 6.07) is 1.33.